The molecule has 29 heavy (non-hydrogen) atoms. The van der Waals surface area contributed by atoms with Crippen LogP contribution in [0.25, 0.3) is 0 Å². The summed E-state index contributed by atoms with van der Waals surface area (Å²) in [6.07, 6.45) is 0.188. The van der Waals surface area contributed by atoms with Crippen molar-refractivity contribution in [2.75, 3.05) is 26.3 Å². The van der Waals surface area contributed by atoms with Gasteiger partial charge in [-0.2, -0.15) is 0 Å². The SMILES string of the molecule is NC(=O)C[C@]1(COc2ccc(Cl)cc2)CN(C(=O)Cc2ccc(Cl)cc2)CCO1. The van der Waals surface area contributed by atoms with E-state index in [0.29, 0.717) is 28.9 Å². The van der Waals surface area contributed by atoms with Crippen molar-refractivity contribution in [1.82, 2.24) is 4.90 Å². The van der Waals surface area contributed by atoms with Gasteiger partial charge in [0, 0.05) is 16.6 Å². The molecule has 0 saturated carbocycles. The van der Waals surface area contributed by atoms with Crippen molar-refractivity contribution in [3.05, 3.63) is 64.1 Å². The normalized spacial score (nSPS) is 19.0. The second-order valence-corrected chi connectivity index (χ2v) is 7.91. The van der Waals surface area contributed by atoms with Crippen LogP contribution in [0.3, 0.4) is 0 Å². The van der Waals surface area contributed by atoms with Crippen LogP contribution in [-0.4, -0.2) is 48.6 Å². The number of ether oxygens (including phenoxy) is 2. The summed E-state index contributed by atoms with van der Waals surface area (Å²) in [7, 11) is 0. The Hall–Kier alpha value is -2.28. The molecule has 2 N–H and O–H groups in total. The van der Waals surface area contributed by atoms with Crippen molar-refractivity contribution in [3.63, 3.8) is 0 Å². The average molecular weight is 437 g/mol. The minimum Gasteiger partial charge on any atom is -0.490 e. The Morgan fingerprint density at radius 1 is 1.07 bits per heavy atom. The predicted octanol–water partition coefficient (Wildman–Crippen LogP) is 3.09. The summed E-state index contributed by atoms with van der Waals surface area (Å²) in [6.45, 7) is 1.04. The van der Waals surface area contributed by atoms with Crippen LogP contribution in [0.1, 0.15) is 12.0 Å². The van der Waals surface area contributed by atoms with Gasteiger partial charge < -0.3 is 20.1 Å². The largest absolute Gasteiger partial charge is 0.490 e. The van der Waals surface area contributed by atoms with Gasteiger partial charge in [0.25, 0.3) is 0 Å². The molecule has 0 radical (unpaired) electrons. The summed E-state index contributed by atoms with van der Waals surface area (Å²) in [5.74, 6) is 0.0131. The topological polar surface area (TPSA) is 81.9 Å². The molecule has 1 heterocycles. The highest BCUT2D eigenvalue weighted by Crippen LogP contribution is 2.25. The zero-order valence-electron chi connectivity index (χ0n) is 15.8. The molecular formula is C21H22Cl2N2O4. The number of carbonyl (C=O) groups excluding carboxylic acids is 2. The van der Waals surface area contributed by atoms with Crippen LogP contribution in [0.5, 0.6) is 5.75 Å². The third-order valence-corrected chi connectivity index (χ3v) is 5.19. The number of primary amides is 1. The van der Waals surface area contributed by atoms with Gasteiger partial charge in [-0.1, -0.05) is 35.3 Å². The Bertz CT molecular complexity index is 858. The molecule has 3 rings (SSSR count). The summed E-state index contributed by atoms with van der Waals surface area (Å²) >= 11 is 11.8. The number of amides is 2. The summed E-state index contributed by atoms with van der Waals surface area (Å²) < 4.78 is 11.7. The third kappa shape index (κ3) is 6.10. The number of benzene rings is 2. The van der Waals surface area contributed by atoms with E-state index in [4.69, 9.17) is 38.4 Å². The van der Waals surface area contributed by atoms with Crippen molar-refractivity contribution in [1.29, 1.82) is 0 Å². The fourth-order valence-electron chi connectivity index (χ4n) is 3.25. The fourth-order valence-corrected chi connectivity index (χ4v) is 3.51. The Morgan fingerprint density at radius 2 is 1.69 bits per heavy atom. The maximum Gasteiger partial charge on any atom is 0.227 e. The predicted molar refractivity (Wildman–Crippen MR) is 111 cm³/mol. The van der Waals surface area contributed by atoms with Crippen LogP contribution in [-0.2, 0) is 20.7 Å². The summed E-state index contributed by atoms with van der Waals surface area (Å²) in [6, 6.07) is 14.0. The van der Waals surface area contributed by atoms with E-state index in [2.05, 4.69) is 0 Å². The number of nitrogens with zero attached hydrogens (tertiary/aromatic N) is 1. The maximum atomic E-state index is 12.8. The second-order valence-electron chi connectivity index (χ2n) is 7.04. The Kier molecular flexibility index (Phi) is 7.00. The first-order valence-corrected chi connectivity index (χ1v) is 9.94. The molecule has 1 aliphatic rings. The highest BCUT2D eigenvalue weighted by molar-refractivity contribution is 6.30. The fraction of sp³-hybridized carbons (Fsp3) is 0.333. The van der Waals surface area contributed by atoms with Gasteiger partial charge in [-0.15, -0.1) is 0 Å². The molecule has 0 bridgehead atoms. The van der Waals surface area contributed by atoms with Crippen molar-refractivity contribution >= 4 is 35.0 Å². The first-order valence-electron chi connectivity index (χ1n) is 9.18. The van der Waals surface area contributed by atoms with E-state index in [-0.39, 0.29) is 31.9 Å². The number of carbonyl (C=O) groups is 2. The van der Waals surface area contributed by atoms with Crippen LogP contribution in [0, 0.1) is 0 Å². The van der Waals surface area contributed by atoms with Gasteiger partial charge >= 0.3 is 0 Å². The summed E-state index contributed by atoms with van der Waals surface area (Å²) in [5, 5.41) is 1.21. The second kappa shape index (κ2) is 9.48. The lowest BCUT2D eigenvalue weighted by molar-refractivity contribution is -0.161. The van der Waals surface area contributed by atoms with E-state index < -0.39 is 11.5 Å². The summed E-state index contributed by atoms with van der Waals surface area (Å²) in [4.78, 5) is 26.2. The van der Waals surface area contributed by atoms with Crippen LogP contribution >= 0.6 is 23.2 Å². The molecule has 6 nitrogen and oxygen atoms in total. The number of morpholine rings is 1. The summed E-state index contributed by atoms with van der Waals surface area (Å²) in [5.41, 5.74) is 5.31. The van der Waals surface area contributed by atoms with Gasteiger partial charge in [-0.3, -0.25) is 9.59 Å². The van der Waals surface area contributed by atoms with Gasteiger partial charge in [0.2, 0.25) is 11.8 Å². The number of hydrogen-bond donors (Lipinski definition) is 1. The van der Waals surface area contributed by atoms with E-state index in [1.54, 1.807) is 41.3 Å². The smallest absolute Gasteiger partial charge is 0.227 e. The third-order valence-electron chi connectivity index (χ3n) is 4.68. The molecule has 1 aliphatic heterocycles. The number of halogens is 2. The van der Waals surface area contributed by atoms with Crippen LogP contribution < -0.4 is 10.5 Å². The lowest BCUT2D eigenvalue weighted by Crippen LogP contribution is -2.58. The zero-order chi connectivity index (χ0) is 20.9. The average Bonchev–Trinajstić information content (AvgIpc) is 2.69. The molecule has 2 aromatic carbocycles. The van der Waals surface area contributed by atoms with Crippen LogP contribution in [0.2, 0.25) is 10.0 Å². The maximum absolute atomic E-state index is 12.8. The first kappa shape index (κ1) is 21.4. The molecule has 1 atom stereocenters. The van der Waals surface area contributed by atoms with Gasteiger partial charge in [-0.25, -0.2) is 0 Å². The van der Waals surface area contributed by atoms with Gasteiger partial charge in [-0.05, 0) is 42.0 Å². The zero-order valence-corrected chi connectivity index (χ0v) is 17.3. The molecule has 0 aromatic heterocycles. The number of hydrogen-bond acceptors (Lipinski definition) is 4. The molecule has 8 heteroatoms. The highest BCUT2D eigenvalue weighted by Gasteiger charge is 2.40. The molecule has 1 fully saturated rings. The van der Waals surface area contributed by atoms with E-state index in [1.807, 2.05) is 12.1 Å². The van der Waals surface area contributed by atoms with Gasteiger partial charge in [0.05, 0.1) is 26.0 Å². The van der Waals surface area contributed by atoms with E-state index >= 15 is 0 Å². The van der Waals surface area contributed by atoms with E-state index in [9.17, 15) is 9.59 Å². The van der Waals surface area contributed by atoms with Crippen molar-refractivity contribution in [2.45, 2.75) is 18.4 Å². The molecule has 1 saturated heterocycles. The molecule has 0 unspecified atom stereocenters. The molecule has 2 aromatic rings. The lowest BCUT2D eigenvalue weighted by atomic mass is 9.97. The van der Waals surface area contributed by atoms with Crippen molar-refractivity contribution < 1.29 is 19.1 Å². The van der Waals surface area contributed by atoms with Crippen molar-refractivity contribution in [2.24, 2.45) is 5.73 Å². The molecular weight excluding hydrogens is 415 g/mol. The van der Waals surface area contributed by atoms with Crippen LogP contribution in [0.4, 0.5) is 0 Å². The first-order chi connectivity index (χ1) is 13.8. The van der Waals surface area contributed by atoms with Crippen LogP contribution in [0.15, 0.2) is 48.5 Å². The van der Waals surface area contributed by atoms with Gasteiger partial charge in [0.15, 0.2) is 0 Å². The lowest BCUT2D eigenvalue weighted by Gasteiger charge is -2.42. The molecule has 0 spiro atoms. The van der Waals surface area contributed by atoms with E-state index in [1.165, 1.54) is 0 Å². The molecule has 0 aliphatic carbocycles. The number of nitrogens with two attached hydrogens (primary N) is 1. The minimum atomic E-state index is -1.00. The quantitative estimate of drug-likeness (QED) is 0.722. The highest BCUT2D eigenvalue weighted by atomic mass is 35.5. The van der Waals surface area contributed by atoms with E-state index in [0.717, 1.165) is 5.56 Å². The number of rotatable bonds is 7. The minimum absolute atomic E-state index is 0.0503. The molecule has 2 amide bonds. The Balaban J connectivity index is 1.69. The Morgan fingerprint density at radius 3 is 2.31 bits per heavy atom. The molecule has 154 valence electrons. The van der Waals surface area contributed by atoms with Crippen molar-refractivity contribution in [3.8, 4) is 5.75 Å². The standard InChI is InChI=1S/C21H22Cl2N2O4/c22-16-3-1-15(2-4-16)11-20(27)25-9-10-29-21(13-25,12-19(24)26)14-28-18-7-5-17(23)6-8-18/h1-8H,9-14H2,(H2,24,26)/t21-/m1/s1. The Labute approximate surface area is 179 Å². The van der Waals surface area contributed by atoms with Gasteiger partial charge in [0.1, 0.15) is 18.0 Å². The monoisotopic (exact) mass is 436 g/mol.